The minimum atomic E-state index is -0.197. The van der Waals surface area contributed by atoms with Gasteiger partial charge < -0.3 is 5.73 Å². The van der Waals surface area contributed by atoms with Crippen LogP contribution in [0.15, 0.2) is 65.4 Å². The van der Waals surface area contributed by atoms with E-state index in [1.165, 1.54) is 5.56 Å². The van der Waals surface area contributed by atoms with Crippen molar-refractivity contribution in [1.82, 2.24) is 9.78 Å². The Morgan fingerprint density at radius 3 is 2.67 bits per heavy atom. The first kappa shape index (κ1) is 14.0. The molecule has 1 heterocycles. The molecule has 106 valence electrons. The highest BCUT2D eigenvalue weighted by molar-refractivity contribution is 9.10. The van der Waals surface area contributed by atoms with E-state index in [9.17, 15) is 0 Å². The molecule has 0 bridgehead atoms. The zero-order valence-corrected chi connectivity index (χ0v) is 13.3. The second kappa shape index (κ2) is 5.84. The highest BCUT2D eigenvalue weighted by Gasteiger charge is 2.14. The van der Waals surface area contributed by atoms with E-state index in [1.54, 1.807) is 0 Å². The molecule has 1 unspecified atom stereocenters. The fourth-order valence-corrected chi connectivity index (χ4v) is 2.79. The van der Waals surface area contributed by atoms with E-state index in [0.717, 1.165) is 21.3 Å². The van der Waals surface area contributed by atoms with Crippen LogP contribution >= 0.6 is 15.9 Å². The number of aromatic nitrogens is 2. The van der Waals surface area contributed by atoms with Crippen LogP contribution in [0.25, 0.3) is 5.69 Å². The Morgan fingerprint density at radius 2 is 1.90 bits per heavy atom. The Morgan fingerprint density at radius 1 is 1.14 bits per heavy atom. The predicted molar refractivity (Wildman–Crippen MR) is 88.5 cm³/mol. The molecule has 0 radical (unpaired) electrons. The van der Waals surface area contributed by atoms with Gasteiger partial charge in [0, 0.05) is 16.2 Å². The van der Waals surface area contributed by atoms with Crippen LogP contribution in [-0.2, 0) is 0 Å². The first-order chi connectivity index (χ1) is 10.1. The Kier molecular flexibility index (Phi) is 3.90. The van der Waals surface area contributed by atoms with Crippen LogP contribution in [0, 0.1) is 6.92 Å². The van der Waals surface area contributed by atoms with Gasteiger partial charge in [0.15, 0.2) is 0 Å². The first-order valence-electron chi connectivity index (χ1n) is 6.77. The van der Waals surface area contributed by atoms with Crippen molar-refractivity contribution in [2.45, 2.75) is 13.0 Å². The monoisotopic (exact) mass is 341 g/mol. The summed E-state index contributed by atoms with van der Waals surface area (Å²) in [6.45, 7) is 2.07. The second-order valence-corrected chi connectivity index (χ2v) is 5.91. The number of para-hydroxylation sites is 1. The van der Waals surface area contributed by atoms with Gasteiger partial charge in [-0.1, -0.05) is 51.8 Å². The Hall–Kier alpha value is -1.91. The van der Waals surface area contributed by atoms with Crippen molar-refractivity contribution in [3.63, 3.8) is 0 Å². The van der Waals surface area contributed by atoms with Crippen molar-refractivity contribution in [2.24, 2.45) is 5.73 Å². The summed E-state index contributed by atoms with van der Waals surface area (Å²) in [4.78, 5) is 0. The molecule has 0 spiro atoms. The summed E-state index contributed by atoms with van der Waals surface area (Å²) in [5, 5.41) is 4.41. The van der Waals surface area contributed by atoms with Crippen molar-refractivity contribution < 1.29 is 0 Å². The molecule has 3 nitrogen and oxygen atoms in total. The number of rotatable bonds is 3. The zero-order chi connectivity index (χ0) is 14.8. The van der Waals surface area contributed by atoms with Gasteiger partial charge in [-0.2, -0.15) is 5.10 Å². The summed E-state index contributed by atoms with van der Waals surface area (Å²) in [6.07, 6.45) is 3.81. The van der Waals surface area contributed by atoms with Gasteiger partial charge in [-0.25, -0.2) is 4.68 Å². The van der Waals surface area contributed by atoms with Gasteiger partial charge >= 0.3 is 0 Å². The summed E-state index contributed by atoms with van der Waals surface area (Å²) in [5.74, 6) is 0. The minimum absolute atomic E-state index is 0.197. The molecule has 2 N–H and O–H groups in total. The van der Waals surface area contributed by atoms with Gasteiger partial charge in [-0.3, -0.25) is 0 Å². The number of benzene rings is 2. The lowest BCUT2D eigenvalue weighted by Gasteiger charge is -2.13. The molecular formula is C17H16BrN3. The largest absolute Gasteiger partial charge is 0.320 e. The highest BCUT2D eigenvalue weighted by Crippen LogP contribution is 2.28. The Labute approximate surface area is 132 Å². The fraction of sp³-hybridized carbons (Fsp3) is 0.118. The van der Waals surface area contributed by atoms with Crippen LogP contribution in [0.2, 0.25) is 0 Å². The van der Waals surface area contributed by atoms with Gasteiger partial charge in [0.1, 0.15) is 0 Å². The minimum Gasteiger partial charge on any atom is -0.320 e. The molecule has 0 aliphatic rings. The number of nitrogens with zero attached hydrogens (tertiary/aromatic N) is 2. The third kappa shape index (κ3) is 2.91. The van der Waals surface area contributed by atoms with Gasteiger partial charge in [-0.15, -0.1) is 0 Å². The third-order valence-corrected chi connectivity index (χ3v) is 4.19. The van der Waals surface area contributed by atoms with Crippen LogP contribution in [0.3, 0.4) is 0 Å². The second-order valence-electron chi connectivity index (χ2n) is 5.06. The maximum Gasteiger partial charge on any atom is 0.0645 e. The van der Waals surface area contributed by atoms with E-state index < -0.39 is 0 Å². The first-order valence-corrected chi connectivity index (χ1v) is 7.56. The molecule has 0 aliphatic heterocycles. The normalized spacial score (nSPS) is 12.3. The topological polar surface area (TPSA) is 43.8 Å². The SMILES string of the molecule is Cc1ccc(Br)c(C(N)c2cnn(-c3ccccc3)c2)c1. The van der Waals surface area contributed by atoms with Crippen molar-refractivity contribution >= 4 is 15.9 Å². The maximum atomic E-state index is 6.39. The number of aryl methyl sites for hydroxylation is 1. The van der Waals surface area contributed by atoms with Crippen molar-refractivity contribution in [1.29, 1.82) is 0 Å². The van der Waals surface area contributed by atoms with Gasteiger partial charge in [0.25, 0.3) is 0 Å². The molecule has 1 aromatic heterocycles. The molecule has 3 rings (SSSR count). The fourth-order valence-electron chi connectivity index (χ4n) is 2.30. The molecule has 0 fully saturated rings. The van der Waals surface area contributed by atoms with E-state index in [2.05, 4.69) is 40.1 Å². The molecule has 0 saturated heterocycles. The van der Waals surface area contributed by atoms with Crippen LogP contribution in [-0.4, -0.2) is 9.78 Å². The molecule has 21 heavy (non-hydrogen) atoms. The summed E-state index contributed by atoms with van der Waals surface area (Å²) in [6, 6.07) is 16.0. The molecule has 0 amide bonds. The van der Waals surface area contributed by atoms with Crippen LogP contribution in [0.4, 0.5) is 0 Å². The lowest BCUT2D eigenvalue weighted by atomic mass is 10.0. The van der Waals surface area contributed by atoms with E-state index >= 15 is 0 Å². The molecule has 2 aromatic carbocycles. The zero-order valence-electron chi connectivity index (χ0n) is 11.7. The summed E-state index contributed by atoms with van der Waals surface area (Å²) in [7, 11) is 0. The summed E-state index contributed by atoms with van der Waals surface area (Å²) < 4.78 is 2.87. The maximum absolute atomic E-state index is 6.39. The number of nitrogens with two attached hydrogens (primary N) is 1. The molecule has 4 heteroatoms. The predicted octanol–water partition coefficient (Wildman–Crippen LogP) is 3.99. The van der Waals surface area contributed by atoms with Crippen LogP contribution in [0.1, 0.15) is 22.7 Å². The Bertz CT molecular complexity index is 750. The van der Waals surface area contributed by atoms with Gasteiger partial charge in [0.05, 0.1) is 17.9 Å². The molecule has 0 saturated carbocycles. The Balaban J connectivity index is 1.94. The number of hydrogen-bond acceptors (Lipinski definition) is 2. The van der Waals surface area contributed by atoms with Gasteiger partial charge in [-0.05, 0) is 30.7 Å². The molecule has 1 atom stereocenters. The van der Waals surface area contributed by atoms with Crippen molar-refractivity contribution in [3.8, 4) is 5.69 Å². The molecule has 3 aromatic rings. The standard InChI is InChI=1S/C17H16BrN3/c1-12-7-8-16(18)15(9-12)17(19)13-10-20-21(11-13)14-5-3-2-4-6-14/h2-11,17H,19H2,1H3. The smallest absolute Gasteiger partial charge is 0.0645 e. The summed E-state index contributed by atoms with van der Waals surface area (Å²) >= 11 is 3.57. The average Bonchev–Trinajstić information content (AvgIpc) is 3.00. The van der Waals surface area contributed by atoms with E-state index in [4.69, 9.17) is 5.73 Å². The van der Waals surface area contributed by atoms with Gasteiger partial charge in [0.2, 0.25) is 0 Å². The lowest BCUT2D eigenvalue weighted by Crippen LogP contribution is -2.12. The average molecular weight is 342 g/mol. The quantitative estimate of drug-likeness (QED) is 0.782. The number of hydrogen-bond donors (Lipinski definition) is 1. The van der Waals surface area contributed by atoms with Crippen LogP contribution in [0.5, 0.6) is 0 Å². The molecule has 0 aliphatic carbocycles. The van der Waals surface area contributed by atoms with E-state index in [-0.39, 0.29) is 6.04 Å². The molecular weight excluding hydrogens is 326 g/mol. The van der Waals surface area contributed by atoms with Crippen molar-refractivity contribution in [3.05, 3.63) is 82.1 Å². The van der Waals surface area contributed by atoms with E-state index in [0.29, 0.717) is 0 Å². The summed E-state index contributed by atoms with van der Waals surface area (Å²) in [5.41, 5.74) is 10.7. The number of halogens is 1. The van der Waals surface area contributed by atoms with Crippen molar-refractivity contribution in [2.75, 3.05) is 0 Å². The van der Waals surface area contributed by atoms with Crippen LogP contribution < -0.4 is 5.73 Å². The lowest BCUT2D eigenvalue weighted by molar-refractivity contribution is 0.856. The highest BCUT2D eigenvalue weighted by atomic mass is 79.9. The van der Waals surface area contributed by atoms with E-state index in [1.807, 2.05) is 53.5 Å². The third-order valence-electron chi connectivity index (χ3n) is 3.47.